The van der Waals surface area contributed by atoms with Crippen LogP contribution in [0.4, 0.5) is 0 Å². The van der Waals surface area contributed by atoms with Crippen LogP contribution in [0, 0.1) is 11.8 Å². The minimum Gasteiger partial charge on any atom is -0.497 e. The predicted molar refractivity (Wildman–Crippen MR) is 94.1 cm³/mol. The number of benzene rings is 1. The molecule has 0 N–H and O–H groups in total. The van der Waals surface area contributed by atoms with Gasteiger partial charge in [0.1, 0.15) is 5.75 Å². The molecular formula is C20H26N2O3. The first-order chi connectivity index (χ1) is 12.2. The Kier molecular flexibility index (Phi) is 4.40. The van der Waals surface area contributed by atoms with Gasteiger partial charge in [0.05, 0.1) is 19.1 Å². The van der Waals surface area contributed by atoms with Crippen LogP contribution >= 0.6 is 0 Å². The van der Waals surface area contributed by atoms with Crippen molar-refractivity contribution >= 4 is 11.8 Å². The van der Waals surface area contributed by atoms with Gasteiger partial charge in [0.15, 0.2) is 0 Å². The number of carbonyl (C=O) groups is 2. The molecule has 2 atom stereocenters. The van der Waals surface area contributed by atoms with Crippen molar-refractivity contribution in [2.45, 2.75) is 38.1 Å². The third-order valence-electron chi connectivity index (χ3n) is 5.75. The van der Waals surface area contributed by atoms with E-state index in [-0.39, 0.29) is 23.8 Å². The zero-order valence-corrected chi connectivity index (χ0v) is 14.8. The Balaban J connectivity index is 1.46. The van der Waals surface area contributed by atoms with Crippen molar-refractivity contribution in [2.75, 3.05) is 26.7 Å². The van der Waals surface area contributed by atoms with Crippen LogP contribution in [-0.4, -0.2) is 48.4 Å². The molecule has 2 amide bonds. The molecule has 1 saturated carbocycles. The predicted octanol–water partition coefficient (Wildman–Crippen LogP) is 2.62. The molecule has 134 valence electrons. The Morgan fingerprint density at radius 1 is 1.28 bits per heavy atom. The molecule has 2 heterocycles. The van der Waals surface area contributed by atoms with Crippen LogP contribution < -0.4 is 4.74 Å². The normalized spacial score (nSPS) is 26.4. The van der Waals surface area contributed by atoms with Crippen molar-refractivity contribution in [1.82, 2.24) is 9.80 Å². The van der Waals surface area contributed by atoms with Gasteiger partial charge in [0.25, 0.3) is 0 Å². The van der Waals surface area contributed by atoms with Crippen molar-refractivity contribution in [3.05, 3.63) is 29.8 Å². The average molecular weight is 342 g/mol. The Hall–Kier alpha value is -2.04. The lowest BCUT2D eigenvalue weighted by Crippen LogP contribution is -2.37. The molecule has 3 aliphatic rings. The molecule has 2 saturated heterocycles. The van der Waals surface area contributed by atoms with Gasteiger partial charge in [-0.2, -0.15) is 0 Å². The molecule has 0 unspecified atom stereocenters. The van der Waals surface area contributed by atoms with Crippen LogP contribution in [0.15, 0.2) is 24.3 Å². The van der Waals surface area contributed by atoms with Gasteiger partial charge < -0.3 is 14.5 Å². The number of amides is 2. The molecule has 1 aromatic rings. The molecule has 5 nitrogen and oxygen atoms in total. The lowest BCUT2D eigenvalue weighted by Gasteiger charge is -2.28. The van der Waals surface area contributed by atoms with Crippen LogP contribution in [0.1, 0.15) is 43.7 Å². The van der Waals surface area contributed by atoms with Crippen LogP contribution in [0.3, 0.4) is 0 Å². The van der Waals surface area contributed by atoms with Gasteiger partial charge in [-0.1, -0.05) is 12.1 Å². The van der Waals surface area contributed by atoms with Gasteiger partial charge in [0.2, 0.25) is 11.8 Å². The molecule has 0 bridgehead atoms. The second-order valence-electron chi connectivity index (χ2n) is 7.61. The Morgan fingerprint density at radius 3 is 2.88 bits per heavy atom. The summed E-state index contributed by atoms with van der Waals surface area (Å²) in [6, 6.07) is 8.10. The van der Waals surface area contributed by atoms with E-state index in [9.17, 15) is 9.59 Å². The van der Waals surface area contributed by atoms with E-state index in [1.165, 1.54) is 12.8 Å². The fourth-order valence-electron chi connectivity index (χ4n) is 4.19. The zero-order valence-electron chi connectivity index (χ0n) is 14.8. The molecule has 0 spiro atoms. The lowest BCUT2D eigenvalue weighted by atomic mass is 10.0. The van der Waals surface area contributed by atoms with Crippen LogP contribution in [-0.2, 0) is 9.59 Å². The first-order valence-corrected chi connectivity index (χ1v) is 9.38. The molecule has 3 fully saturated rings. The number of rotatable bonds is 5. The molecule has 0 aromatic heterocycles. The third-order valence-corrected chi connectivity index (χ3v) is 5.75. The average Bonchev–Trinajstić information content (AvgIpc) is 3.17. The van der Waals surface area contributed by atoms with E-state index in [0.29, 0.717) is 18.9 Å². The summed E-state index contributed by atoms with van der Waals surface area (Å²) >= 11 is 0. The van der Waals surface area contributed by atoms with Crippen LogP contribution in [0.2, 0.25) is 0 Å². The first kappa shape index (κ1) is 16.4. The van der Waals surface area contributed by atoms with Crippen molar-refractivity contribution in [3.8, 4) is 5.75 Å². The van der Waals surface area contributed by atoms with E-state index in [4.69, 9.17) is 4.74 Å². The molecule has 1 aliphatic carbocycles. The van der Waals surface area contributed by atoms with Crippen LogP contribution in [0.25, 0.3) is 0 Å². The molecule has 2 aliphatic heterocycles. The summed E-state index contributed by atoms with van der Waals surface area (Å²) in [6.07, 6.45) is 4.83. The second kappa shape index (κ2) is 6.70. The van der Waals surface area contributed by atoms with E-state index in [1.54, 1.807) is 7.11 Å². The second-order valence-corrected chi connectivity index (χ2v) is 7.61. The van der Waals surface area contributed by atoms with Gasteiger partial charge in [0, 0.05) is 26.1 Å². The number of methoxy groups -OCH3 is 1. The highest BCUT2D eigenvalue weighted by molar-refractivity contribution is 5.89. The minimum absolute atomic E-state index is 0.107. The summed E-state index contributed by atoms with van der Waals surface area (Å²) in [5.74, 6) is 1.63. The Labute approximate surface area is 148 Å². The number of hydrogen-bond acceptors (Lipinski definition) is 3. The van der Waals surface area contributed by atoms with E-state index < -0.39 is 0 Å². The maximum Gasteiger partial charge on any atom is 0.228 e. The fourth-order valence-corrected chi connectivity index (χ4v) is 4.19. The van der Waals surface area contributed by atoms with Crippen molar-refractivity contribution < 1.29 is 14.3 Å². The molecular weight excluding hydrogens is 316 g/mol. The van der Waals surface area contributed by atoms with Gasteiger partial charge in [-0.05, 0) is 49.3 Å². The van der Waals surface area contributed by atoms with Crippen molar-refractivity contribution in [1.29, 1.82) is 0 Å². The Morgan fingerprint density at radius 2 is 2.12 bits per heavy atom. The van der Waals surface area contributed by atoms with Gasteiger partial charge in [-0.3, -0.25) is 9.59 Å². The van der Waals surface area contributed by atoms with E-state index >= 15 is 0 Å². The summed E-state index contributed by atoms with van der Waals surface area (Å²) in [7, 11) is 1.66. The minimum atomic E-state index is -0.169. The first-order valence-electron chi connectivity index (χ1n) is 9.38. The highest BCUT2D eigenvalue weighted by atomic mass is 16.5. The number of nitrogens with zero attached hydrogens (tertiary/aromatic N) is 2. The number of carbonyl (C=O) groups excluding carboxylic acids is 2. The monoisotopic (exact) mass is 342 g/mol. The van der Waals surface area contributed by atoms with Crippen molar-refractivity contribution in [3.63, 3.8) is 0 Å². The van der Waals surface area contributed by atoms with Gasteiger partial charge in [-0.15, -0.1) is 0 Å². The Bertz CT molecular complexity index is 671. The largest absolute Gasteiger partial charge is 0.497 e. The molecule has 0 radical (unpaired) electrons. The quantitative estimate of drug-likeness (QED) is 0.826. The zero-order chi connectivity index (χ0) is 17.4. The summed E-state index contributed by atoms with van der Waals surface area (Å²) in [5.41, 5.74) is 1.13. The smallest absolute Gasteiger partial charge is 0.228 e. The van der Waals surface area contributed by atoms with E-state index in [1.807, 2.05) is 28.0 Å². The molecule has 25 heavy (non-hydrogen) atoms. The molecule has 5 heteroatoms. The lowest BCUT2D eigenvalue weighted by molar-refractivity contribution is -0.136. The van der Waals surface area contributed by atoms with Crippen LogP contribution in [0.5, 0.6) is 5.75 Å². The highest BCUT2D eigenvalue weighted by Gasteiger charge is 2.41. The van der Waals surface area contributed by atoms with E-state index in [2.05, 4.69) is 6.07 Å². The molecule has 4 rings (SSSR count). The molecule has 1 aromatic carbocycles. The summed E-state index contributed by atoms with van der Waals surface area (Å²) in [6.45, 7) is 2.24. The maximum absolute atomic E-state index is 13.1. The highest BCUT2D eigenvalue weighted by Crippen LogP contribution is 2.37. The third kappa shape index (κ3) is 3.37. The van der Waals surface area contributed by atoms with Gasteiger partial charge in [-0.25, -0.2) is 0 Å². The standard InChI is InChI=1S/C20H26N2O3/c1-25-17-5-2-4-15(10-17)18-6-3-9-22(18)20(24)16-11-19(23)21(13-16)12-14-7-8-14/h2,4-5,10,14,16,18H,3,6-9,11-13H2,1H3/t16-,18+/m0/s1. The summed E-state index contributed by atoms with van der Waals surface area (Å²) in [5, 5.41) is 0. The summed E-state index contributed by atoms with van der Waals surface area (Å²) < 4.78 is 5.33. The fraction of sp³-hybridized carbons (Fsp3) is 0.600. The van der Waals surface area contributed by atoms with E-state index in [0.717, 1.165) is 37.2 Å². The number of likely N-dealkylation sites (tertiary alicyclic amines) is 2. The maximum atomic E-state index is 13.1. The number of hydrogen-bond donors (Lipinski definition) is 0. The van der Waals surface area contributed by atoms with Crippen molar-refractivity contribution in [2.24, 2.45) is 11.8 Å². The summed E-state index contributed by atoms with van der Waals surface area (Å²) in [4.78, 5) is 29.2. The number of ether oxygens (including phenoxy) is 1. The SMILES string of the molecule is COc1cccc([C@H]2CCCN2C(=O)[C@H]2CC(=O)N(CC3CC3)C2)c1. The topological polar surface area (TPSA) is 49.9 Å². The van der Waals surface area contributed by atoms with Gasteiger partial charge >= 0.3 is 0 Å².